The van der Waals surface area contributed by atoms with Crippen molar-refractivity contribution in [3.63, 3.8) is 0 Å². The lowest BCUT2D eigenvalue weighted by Crippen LogP contribution is -1.96. The van der Waals surface area contributed by atoms with Gasteiger partial charge in [-0.15, -0.1) is 21.5 Å². The molecular weight excluding hydrogens is 232 g/mol. The zero-order valence-electron chi connectivity index (χ0n) is 9.29. The molecule has 4 rings (SSSR count). The van der Waals surface area contributed by atoms with E-state index >= 15 is 0 Å². The molecule has 5 heteroatoms. The SMILES string of the molecule is CCc1nnc2c3cccn3c3ccsc3n12. The fourth-order valence-corrected chi connectivity index (χ4v) is 3.25. The van der Waals surface area contributed by atoms with Gasteiger partial charge in [-0.3, -0.25) is 4.40 Å². The van der Waals surface area contributed by atoms with Crippen molar-refractivity contribution in [1.82, 2.24) is 19.0 Å². The first kappa shape index (κ1) is 9.18. The Labute approximate surface area is 101 Å². The van der Waals surface area contributed by atoms with Crippen LogP contribution in [-0.4, -0.2) is 19.0 Å². The molecule has 0 saturated heterocycles. The van der Waals surface area contributed by atoms with Crippen molar-refractivity contribution in [3.8, 4) is 0 Å². The summed E-state index contributed by atoms with van der Waals surface area (Å²) in [5.74, 6) is 1.02. The molecule has 0 fully saturated rings. The monoisotopic (exact) mass is 242 g/mol. The van der Waals surface area contributed by atoms with E-state index in [0.717, 1.165) is 23.4 Å². The van der Waals surface area contributed by atoms with Crippen molar-refractivity contribution in [2.45, 2.75) is 13.3 Å². The summed E-state index contributed by atoms with van der Waals surface area (Å²) >= 11 is 1.73. The lowest BCUT2D eigenvalue weighted by Gasteiger charge is -2.03. The van der Waals surface area contributed by atoms with E-state index in [1.807, 2.05) is 6.07 Å². The third-order valence-electron chi connectivity index (χ3n) is 3.11. The molecule has 4 nitrogen and oxygen atoms in total. The second kappa shape index (κ2) is 3.07. The molecule has 4 aromatic rings. The molecule has 0 spiro atoms. The molecule has 0 aromatic carbocycles. The molecule has 0 unspecified atom stereocenters. The first-order valence-corrected chi connectivity index (χ1v) is 6.48. The largest absolute Gasteiger partial charge is 0.311 e. The van der Waals surface area contributed by atoms with E-state index in [0.29, 0.717) is 0 Å². The Kier molecular flexibility index (Phi) is 1.66. The van der Waals surface area contributed by atoms with Crippen LogP contribution in [0.1, 0.15) is 12.7 Å². The Morgan fingerprint density at radius 2 is 2.18 bits per heavy atom. The van der Waals surface area contributed by atoms with E-state index in [4.69, 9.17) is 0 Å². The highest BCUT2D eigenvalue weighted by Gasteiger charge is 2.13. The van der Waals surface area contributed by atoms with Crippen LogP contribution in [-0.2, 0) is 6.42 Å². The third kappa shape index (κ3) is 1.02. The highest BCUT2D eigenvalue weighted by Crippen LogP contribution is 2.26. The molecule has 0 aliphatic heterocycles. The zero-order valence-corrected chi connectivity index (χ0v) is 10.1. The zero-order chi connectivity index (χ0) is 11.4. The number of nitrogens with zero attached hydrogens (tertiary/aromatic N) is 4. The maximum absolute atomic E-state index is 4.32. The highest BCUT2D eigenvalue weighted by molar-refractivity contribution is 7.16. The fraction of sp³-hybridized carbons (Fsp3) is 0.167. The standard InChI is InChI=1S/C12H10N4S/c1-2-10-13-14-11-8-4-3-6-15(8)9-5-7-17-12(9)16(10)11/h3-7H,2H2,1H3. The minimum Gasteiger partial charge on any atom is -0.311 e. The van der Waals surface area contributed by atoms with Crippen molar-refractivity contribution in [3.05, 3.63) is 35.6 Å². The Bertz CT molecular complexity index is 806. The first-order chi connectivity index (χ1) is 8.40. The second-order valence-corrected chi connectivity index (χ2v) is 4.90. The molecular formula is C12H10N4S. The van der Waals surface area contributed by atoms with Crippen LogP contribution in [0.5, 0.6) is 0 Å². The van der Waals surface area contributed by atoms with Crippen LogP contribution in [0.3, 0.4) is 0 Å². The van der Waals surface area contributed by atoms with E-state index in [-0.39, 0.29) is 0 Å². The Morgan fingerprint density at radius 3 is 3.06 bits per heavy atom. The van der Waals surface area contributed by atoms with Gasteiger partial charge in [0.05, 0.1) is 11.0 Å². The van der Waals surface area contributed by atoms with Gasteiger partial charge in [-0.05, 0) is 23.6 Å². The number of hydrogen-bond donors (Lipinski definition) is 0. The van der Waals surface area contributed by atoms with E-state index in [1.54, 1.807) is 11.3 Å². The molecule has 0 atom stereocenters. The summed E-state index contributed by atoms with van der Waals surface area (Å²) in [5, 5.41) is 10.7. The average molecular weight is 242 g/mol. The summed E-state index contributed by atoms with van der Waals surface area (Å²) in [6, 6.07) is 6.28. The van der Waals surface area contributed by atoms with Crippen LogP contribution in [0.15, 0.2) is 29.8 Å². The van der Waals surface area contributed by atoms with Crippen LogP contribution in [0.2, 0.25) is 0 Å². The van der Waals surface area contributed by atoms with Crippen LogP contribution < -0.4 is 0 Å². The van der Waals surface area contributed by atoms with Gasteiger partial charge in [-0.25, -0.2) is 0 Å². The van der Waals surface area contributed by atoms with Gasteiger partial charge in [-0.1, -0.05) is 6.92 Å². The molecule has 0 amide bonds. The van der Waals surface area contributed by atoms with Crippen molar-refractivity contribution in [1.29, 1.82) is 0 Å². The maximum Gasteiger partial charge on any atom is 0.186 e. The Morgan fingerprint density at radius 1 is 1.24 bits per heavy atom. The number of fused-ring (bicyclic) bond motifs is 6. The van der Waals surface area contributed by atoms with Crippen molar-refractivity contribution in [2.24, 2.45) is 0 Å². The van der Waals surface area contributed by atoms with Gasteiger partial charge >= 0.3 is 0 Å². The van der Waals surface area contributed by atoms with Crippen LogP contribution in [0, 0.1) is 0 Å². The third-order valence-corrected chi connectivity index (χ3v) is 4.00. The van der Waals surface area contributed by atoms with Gasteiger partial charge in [0.1, 0.15) is 10.7 Å². The van der Waals surface area contributed by atoms with Gasteiger partial charge in [0.15, 0.2) is 5.65 Å². The van der Waals surface area contributed by atoms with Gasteiger partial charge < -0.3 is 4.40 Å². The molecule has 0 bridgehead atoms. The van der Waals surface area contributed by atoms with E-state index in [2.05, 4.69) is 49.6 Å². The molecule has 4 heterocycles. The van der Waals surface area contributed by atoms with Crippen molar-refractivity contribution < 1.29 is 0 Å². The van der Waals surface area contributed by atoms with Crippen LogP contribution >= 0.6 is 11.3 Å². The molecule has 4 aromatic heterocycles. The molecule has 0 N–H and O–H groups in total. The quantitative estimate of drug-likeness (QED) is 0.514. The van der Waals surface area contributed by atoms with Gasteiger partial charge in [0.2, 0.25) is 0 Å². The van der Waals surface area contributed by atoms with E-state index in [9.17, 15) is 0 Å². The number of thiophene rings is 1. The number of rotatable bonds is 1. The summed E-state index contributed by atoms with van der Waals surface area (Å²) in [7, 11) is 0. The van der Waals surface area contributed by atoms with Crippen LogP contribution in [0.4, 0.5) is 0 Å². The Hall–Kier alpha value is -1.88. The van der Waals surface area contributed by atoms with Gasteiger partial charge in [-0.2, -0.15) is 0 Å². The molecule has 0 aliphatic carbocycles. The number of aryl methyl sites for hydroxylation is 1. The lowest BCUT2D eigenvalue weighted by atomic mass is 10.4. The molecule has 0 radical (unpaired) electrons. The van der Waals surface area contributed by atoms with Crippen molar-refractivity contribution >= 4 is 32.8 Å². The summed E-state index contributed by atoms with van der Waals surface area (Å²) in [6.45, 7) is 2.11. The first-order valence-electron chi connectivity index (χ1n) is 5.60. The predicted octanol–water partition coefficient (Wildman–Crippen LogP) is 2.76. The van der Waals surface area contributed by atoms with Gasteiger partial charge in [0, 0.05) is 12.6 Å². The summed E-state index contributed by atoms with van der Waals surface area (Å²) < 4.78 is 4.35. The van der Waals surface area contributed by atoms with E-state index < -0.39 is 0 Å². The maximum atomic E-state index is 4.32. The number of aromatic nitrogens is 4. The minimum atomic E-state index is 0.894. The normalized spacial score (nSPS) is 12.1. The van der Waals surface area contributed by atoms with Crippen molar-refractivity contribution in [2.75, 3.05) is 0 Å². The molecule has 0 saturated carbocycles. The lowest BCUT2D eigenvalue weighted by molar-refractivity contribution is 0.924. The fourth-order valence-electron chi connectivity index (χ4n) is 2.34. The summed E-state index contributed by atoms with van der Waals surface area (Å²) in [5.41, 5.74) is 3.28. The van der Waals surface area contributed by atoms with Crippen LogP contribution in [0.25, 0.3) is 21.5 Å². The molecule has 17 heavy (non-hydrogen) atoms. The minimum absolute atomic E-state index is 0.894. The average Bonchev–Trinajstić information content (AvgIpc) is 3.06. The summed E-state index contributed by atoms with van der Waals surface area (Å²) in [4.78, 5) is 1.21. The summed E-state index contributed by atoms with van der Waals surface area (Å²) in [6.07, 6.45) is 2.97. The molecule has 84 valence electrons. The topological polar surface area (TPSA) is 34.6 Å². The molecule has 0 aliphatic rings. The number of hydrogen-bond acceptors (Lipinski definition) is 3. The van der Waals surface area contributed by atoms with Gasteiger partial charge in [0.25, 0.3) is 0 Å². The van der Waals surface area contributed by atoms with E-state index in [1.165, 1.54) is 10.3 Å². The predicted molar refractivity (Wildman–Crippen MR) is 68.7 cm³/mol. The Balaban J connectivity index is 2.43. The smallest absolute Gasteiger partial charge is 0.186 e. The second-order valence-electron chi connectivity index (χ2n) is 4.00. The highest BCUT2D eigenvalue weighted by atomic mass is 32.1.